The number of benzene rings is 1. The van der Waals surface area contributed by atoms with E-state index in [1.165, 1.54) is 5.56 Å². The zero-order chi connectivity index (χ0) is 11.3. The zero-order valence-electron chi connectivity index (χ0n) is 9.59. The molecule has 3 N–H and O–H groups in total. The van der Waals surface area contributed by atoms with Crippen LogP contribution in [0, 0.1) is 11.3 Å². The van der Waals surface area contributed by atoms with Crippen LogP contribution >= 0.6 is 0 Å². The van der Waals surface area contributed by atoms with Gasteiger partial charge >= 0.3 is 0 Å². The van der Waals surface area contributed by atoms with E-state index in [4.69, 9.17) is 11.1 Å². The first kappa shape index (κ1) is 11.8. The third-order valence-electron chi connectivity index (χ3n) is 2.85. The fraction of sp³-hybridized carbons (Fsp3) is 0.462. The number of hydrogen-bond acceptors (Lipinski definition) is 2. The van der Waals surface area contributed by atoms with Gasteiger partial charge in [0.15, 0.2) is 0 Å². The van der Waals surface area contributed by atoms with Crippen LogP contribution in [-0.2, 0) is 6.42 Å². The average molecular weight is 204 g/mol. The van der Waals surface area contributed by atoms with Gasteiger partial charge in [0.1, 0.15) is 0 Å². The molecule has 0 bridgehead atoms. The highest BCUT2D eigenvalue weighted by Gasteiger charge is 2.10. The highest BCUT2D eigenvalue weighted by atomic mass is 14.5. The molecule has 0 aliphatic carbocycles. The van der Waals surface area contributed by atoms with Gasteiger partial charge in [-0.25, -0.2) is 0 Å². The summed E-state index contributed by atoms with van der Waals surface area (Å²) >= 11 is 0. The molecule has 0 heterocycles. The van der Waals surface area contributed by atoms with Gasteiger partial charge in [0.25, 0.3) is 0 Å². The zero-order valence-corrected chi connectivity index (χ0v) is 9.59. The van der Waals surface area contributed by atoms with Gasteiger partial charge in [0.05, 0.1) is 0 Å². The van der Waals surface area contributed by atoms with Crippen molar-refractivity contribution < 1.29 is 0 Å². The lowest BCUT2D eigenvalue weighted by Crippen LogP contribution is -2.14. The van der Waals surface area contributed by atoms with E-state index in [1.54, 1.807) is 0 Å². The summed E-state index contributed by atoms with van der Waals surface area (Å²) in [7, 11) is 0. The molecule has 82 valence electrons. The van der Waals surface area contributed by atoms with Crippen molar-refractivity contribution in [3.63, 3.8) is 0 Å². The molecule has 1 rings (SSSR count). The molecule has 0 saturated carbocycles. The molecule has 0 unspecified atom stereocenters. The Labute approximate surface area is 92.0 Å². The van der Waals surface area contributed by atoms with Gasteiger partial charge < -0.3 is 11.1 Å². The van der Waals surface area contributed by atoms with Crippen molar-refractivity contribution in [3.8, 4) is 0 Å². The number of rotatable bonds is 5. The summed E-state index contributed by atoms with van der Waals surface area (Å²) < 4.78 is 0. The molecule has 0 aromatic heterocycles. The van der Waals surface area contributed by atoms with E-state index >= 15 is 0 Å². The Morgan fingerprint density at radius 3 is 2.20 bits per heavy atom. The first-order valence-corrected chi connectivity index (χ1v) is 5.59. The lowest BCUT2D eigenvalue weighted by Gasteiger charge is -2.13. The minimum atomic E-state index is 0.433. The van der Waals surface area contributed by atoms with Crippen molar-refractivity contribution >= 4 is 11.4 Å². The Balaban J connectivity index is 2.61. The summed E-state index contributed by atoms with van der Waals surface area (Å²) in [6.45, 7) is 4.29. The average Bonchev–Trinajstić information content (AvgIpc) is 2.23. The summed E-state index contributed by atoms with van der Waals surface area (Å²) in [6.07, 6.45) is 2.88. The second-order valence-electron chi connectivity index (χ2n) is 3.96. The molecule has 0 amide bonds. The van der Waals surface area contributed by atoms with Crippen LogP contribution in [0.5, 0.6) is 0 Å². The van der Waals surface area contributed by atoms with Gasteiger partial charge in [-0.15, -0.1) is 0 Å². The SMILES string of the molecule is CCC(CC)C(=N)Cc1ccc(N)cc1. The van der Waals surface area contributed by atoms with E-state index in [1.807, 2.05) is 24.3 Å². The fourth-order valence-corrected chi connectivity index (χ4v) is 1.78. The van der Waals surface area contributed by atoms with Gasteiger partial charge in [-0.2, -0.15) is 0 Å². The fourth-order valence-electron chi connectivity index (χ4n) is 1.78. The highest BCUT2D eigenvalue weighted by Crippen LogP contribution is 2.14. The third kappa shape index (κ3) is 3.39. The predicted molar refractivity (Wildman–Crippen MR) is 66.4 cm³/mol. The monoisotopic (exact) mass is 204 g/mol. The van der Waals surface area contributed by atoms with E-state index < -0.39 is 0 Å². The Bertz CT molecular complexity index is 310. The van der Waals surface area contributed by atoms with Crippen LogP contribution in [0.25, 0.3) is 0 Å². The number of hydrogen-bond donors (Lipinski definition) is 2. The number of nitrogens with one attached hydrogen (secondary N) is 1. The maximum absolute atomic E-state index is 8.01. The van der Waals surface area contributed by atoms with Crippen LogP contribution in [-0.4, -0.2) is 5.71 Å². The Morgan fingerprint density at radius 2 is 1.73 bits per heavy atom. The summed E-state index contributed by atoms with van der Waals surface area (Å²) in [5.41, 5.74) is 8.42. The van der Waals surface area contributed by atoms with Crippen LogP contribution in [0.3, 0.4) is 0 Å². The molecule has 0 spiro atoms. The second kappa shape index (κ2) is 5.54. The molecular formula is C13H20N2. The van der Waals surface area contributed by atoms with E-state index in [2.05, 4.69) is 13.8 Å². The van der Waals surface area contributed by atoms with E-state index in [9.17, 15) is 0 Å². The molecular weight excluding hydrogens is 184 g/mol. The number of nitrogens with two attached hydrogens (primary N) is 1. The Kier molecular flexibility index (Phi) is 4.35. The van der Waals surface area contributed by atoms with Crippen LogP contribution in [0.1, 0.15) is 32.3 Å². The smallest absolute Gasteiger partial charge is 0.0314 e. The maximum atomic E-state index is 8.01. The summed E-state index contributed by atoms with van der Waals surface area (Å²) in [4.78, 5) is 0. The molecule has 15 heavy (non-hydrogen) atoms. The van der Waals surface area contributed by atoms with E-state index in [0.29, 0.717) is 5.92 Å². The Hall–Kier alpha value is -1.31. The standard InChI is InChI=1S/C13H20N2/c1-3-11(4-2)13(15)9-10-5-7-12(14)8-6-10/h5-8,11,15H,3-4,9,14H2,1-2H3. The third-order valence-corrected chi connectivity index (χ3v) is 2.85. The molecule has 0 radical (unpaired) electrons. The van der Waals surface area contributed by atoms with Crippen LogP contribution in [0.2, 0.25) is 0 Å². The van der Waals surface area contributed by atoms with Crippen molar-refractivity contribution in [2.24, 2.45) is 5.92 Å². The quantitative estimate of drug-likeness (QED) is 0.561. The first-order chi connectivity index (χ1) is 7.17. The van der Waals surface area contributed by atoms with Crippen molar-refractivity contribution in [2.75, 3.05) is 5.73 Å². The molecule has 2 nitrogen and oxygen atoms in total. The number of nitrogen functional groups attached to an aromatic ring is 1. The molecule has 0 atom stereocenters. The molecule has 1 aromatic carbocycles. The minimum Gasteiger partial charge on any atom is -0.399 e. The lowest BCUT2D eigenvalue weighted by atomic mass is 9.93. The van der Waals surface area contributed by atoms with Crippen LogP contribution in [0.15, 0.2) is 24.3 Å². The Morgan fingerprint density at radius 1 is 1.20 bits per heavy atom. The van der Waals surface area contributed by atoms with Crippen molar-refractivity contribution in [3.05, 3.63) is 29.8 Å². The van der Waals surface area contributed by atoms with Crippen molar-refractivity contribution in [1.82, 2.24) is 0 Å². The topological polar surface area (TPSA) is 49.9 Å². The normalized spacial score (nSPS) is 10.6. The van der Waals surface area contributed by atoms with Gasteiger partial charge in [-0.05, 0) is 36.5 Å². The van der Waals surface area contributed by atoms with Crippen molar-refractivity contribution in [1.29, 1.82) is 5.41 Å². The second-order valence-corrected chi connectivity index (χ2v) is 3.96. The summed E-state index contributed by atoms with van der Waals surface area (Å²) in [5, 5.41) is 8.01. The van der Waals surface area contributed by atoms with E-state index in [0.717, 1.165) is 30.7 Å². The maximum Gasteiger partial charge on any atom is 0.0314 e. The lowest BCUT2D eigenvalue weighted by molar-refractivity contribution is 0.631. The molecule has 0 saturated heterocycles. The molecule has 0 fully saturated rings. The molecule has 0 aliphatic heterocycles. The number of anilines is 1. The van der Waals surface area contributed by atoms with Crippen LogP contribution < -0.4 is 5.73 Å². The highest BCUT2D eigenvalue weighted by molar-refractivity contribution is 5.85. The minimum absolute atomic E-state index is 0.433. The van der Waals surface area contributed by atoms with Gasteiger partial charge in [-0.3, -0.25) is 0 Å². The first-order valence-electron chi connectivity index (χ1n) is 5.59. The van der Waals surface area contributed by atoms with Gasteiger partial charge in [-0.1, -0.05) is 26.0 Å². The largest absolute Gasteiger partial charge is 0.399 e. The van der Waals surface area contributed by atoms with Crippen LogP contribution in [0.4, 0.5) is 5.69 Å². The molecule has 2 heteroatoms. The predicted octanol–water partition coefficient (Wildman–Crippen LogP) is 3.27. The summed E-state index contributed by atoms with van der Waals surface area (Å²) in [6, 6.07) is 7.81. The summed E-state index contributed by atoms with van der Waals surface area (Å²) in [5.74, 6) is 0.433. The van der Waals surface area contributed by atoms with E-state index in [-0.39, 0.29) is 0 Å². The van der Waals surface area contributed by atoms with Gasteiger partial charge in [0.2, 0.25) is 0 Å². The van der Waals surface area contributed by atoms with Crippen molar-refractivity contribution in [2.45, 2.75) is 33.1 Å². The van der Waals surface area contributed by atoms with Gasteiger partial charge in [0, 0.05) is 17.8 Å². The molecule has 0 aliphatic rings. The molecule has 1 aromatic rings.